The molecule has 0 bridgehead atoms. The van der Waals surface area contributed by atoms with Crippen LogP contribution in [0, 0.1) is 0 Å². The lowest BCUT2D eigenvalue weighted by Gasteiger charge is -2.18. The largest absolute Gasteiger partial charge is 0.481 e. The molecule has 226 valence electrons. The van der Waals surface area contributed by atoms with Gasteiger partial charge in [0.1, 0.15) is 6.10 Å². The van der Waals surface area contributed by atoms with Crippen LogP contribution >= 0.6 is 0 Å². The molecule has 1 unspecified atom stereocenters. The highest BCUT2D eigenvalue weighted by Crippen LogP contribution is 2.18. The number of carboxylic acids is 1. The third-order valence-electron chi connectivity index (χ3n) is 7.83. The van der Waals surface area contributed by atoms with Gasteiger partial charge in [-0.3, -0.25) is 9.59 Å². The maximum absolute atomic E-state index is 12.4. The molecule has 4 heteroatoms. The van der Waals surface area contributed by atoms with E-state index in [-0.39, 0.29) is 18.5 Å². The second-order valence-electron chi connectivity index (χ2n) is 11.7. The molecular weight excluding hydrogens is 472 g/mol. The molecule has 0 aromatic rings. The van der Waals surface area contributed by atoms with Gasteiger partial charge in [-0.05, 0) is 38.5 Å². The third-order valence-corrected chi connectivity index (χ3v) is 7.83. The number of carbonyl (C=O) groups is 2. The average Bonchev–Trinajstić information content (AvgIpc) is 2.90. The van der Waals surface area contributed by atoms with Gasteiger partial charge in [0.05, 0.1) is 0 Å². The molecule has 0 aromatic carbocycles. The summed E-state index contributed by atoms with van der Waals surface area (Å²) in [4.78, 5) is 23.2. The van der Waals surface area contributed by atoms with E-state index in [2.05, 4.69) is 13.8 Å². The van der Waals surface area contributed by atoms with Gasteiger partial charge in [-0.15, -0.1) is 0 Å². The molecule has 1 N–H and O–H groups in total. The Labute approximate surface area is 237 Å². The predicted molar refractivity (Wildman–Crippen MR) is 163 cm³/mol. The number of aliphatic carboxylic acids is 1. The number of rotatable bonds is 31. The van der Waals surface area contributed by atoms with Crippen molar-refractivity contribution in [2.24, 2.45) is 0 Å². The zero-order valence-electron chi connectivity index (χ0n) is 25.8. The van der Waals surface area contributed by atoms with Crippen LogP contribution in [0.4, 0.5) is 0 Å². The molecule has 38 heavy (non-hydrogen) atoms. The van der Waals surface area contributed by atoms with Gasteiger partial charge in [-0.2, -0.15) is 0 Å². The molecule has 4 nitrogen and oxygen atoms in total. The Morgan fingerprint density at radius 1 is 0.474 bits per heavy atom. The van der Waals surface area contributed by atoms with E-state index in [0.29, 0.717) is 12.8 Å². The molecule has 0 radical (unpaired) electrons. The first-order valence-corrected chi connectivity index (χ1v) is 17.0. The van der Waals surface area contributed by atoms with Gasteiger partial charge in [0.25, 0.3) is 0 Å². The van der Waals surface area contributed by atoms with E-state index in [9.17, 15) is 9.59 Å². The van der Waals surface area contributed by atoms with Crippen LogP contribution in [0.5, 0.6) is 0 Å². The Kier molecular flexibility index (Phi) is 29.6. The van der Waals surface area contributed by atoms with Gasteiger partial charge >= 0.3 is 11.9 Å². The maximum atomic E-state index is 12.4. The lowest BCUT2D eigenvalue weighted by atomic mass is 10.0. The minimum absolute atomic E-state index is 0.0345. The second-order valence-corrected chi connectivity index (χ2v) is 11.7. The summed E-state index contributed by atoms with van der Waals surface area (Å²) < 4.78 is 5.85. The van der Waals surface area contributed by atoms with Crippen molar-refractivity contribution in [3.8, 4) is 0 Å². The summed E-state index contributed by atoms with van der Waals surface area (Å²) in [5.41, 5.74) is 0. The van der Waals surface area contributed by atoms with Crippen molar-refractivity contribution >= 4 is 11.9 Å². The minimum atomic E-state index is -0.741. The fourth-order valence-corrected chi connectivity index (χ4v) is 5.30. The highest BCUT2D eigenvalue weighted by atomic mass is 16.5. The van der Waals surface area contributed by atoms with Crippen LogP contribution in [0.1, 0.15) is 200 Å². The Bertz CT molecular complexity index is 505. The van der Waals surface area contributed by atoms with Crippen molar-refractivity contribution in [1.29, 1.82) is 0 Å². The molecule has 0 saturated heterocycles. The highest BCUT2D eigenvalue weighted by molar-refractivity contribution is 5.69. The Morgan fingerprint density at radius 3 is 1.18 bits per heavy atom. The quantitative estimate of drug-likeness (QED) is 0.0704. The van der Waals surface area contributed by atoms with Crippen molar-refractivity contribution in [2.75, 3.05) is 0 Å². The topological polar surface area (TPSA) is 63.6 Å². The lowest BCUT2D eigenvalue weighted by Crippen LogP contribution is -2.18. The second kappa shape index (κ2) is 30.5. The summed E-state index contributed by atoms with van der Waals surface area (Å²) in [7, 11) is 0. The van der Waals surface area contributed by atoms with Crippen LogP contribution in [0.3, 0.4) is 0 Å². The SMILES string of the molecule is CCCCCCCCCCCCCCCCCC(=O)OC(CCCCCCCCCC)CCCCC(=O)O. The summed E-state index contributed by atoms with van der Waals surface area (Å²) in [5.74, 6) is -0.794. The van der Waals surface area contributed by atoms with Crippen molar-refractivity contribution in [3.63, 3.8) is 0 Å². The van der Waals surface area contributed by atoms with Crippen molar-refractivity contribution in [2.45, 2.75) is 206 Å². The predicted octanol–water partition coefficient (Wildman–Crippen LogP) is 11.3. The number of ether oxygens (including phenoxy) is 1. The summed E-state index contributed by atoms with van der Waals surface area (Å²) in [6.45, 7) is 4.53. The first-order valence-electron chi connectivity index (χ1n) is 17.0. The summed E-state index contributed by atoms with van der Waals surface area (Å²) >= 11 is 0. The van der Waals surface area contributed by atoms with Crippen LogP contribution in [0.15, 0.2) is 0 Å². The first kappa shape index (κ1) is 36.9. The van der Waals surface area contributed by atoms with E-state index in [4.69, 9.17) is 9.84 Å². The van der Waals surface area contributed by atoms with Gasteiger partial charge in [-0.1, -0.05) is 149 Å². The molecule has 0 aliphatic rings. The van der Waals surface area contributed by atoms with E-state index in [1.165, 1.54) is 128 Å². The van der Waals surface area contributed by atoms with Gasteiger partial charge < -0.3 is 9.84 Å². The summed E-state index contributed by atoms with van der Waals surface area (Å²) in [6.07, 6.45) is 34.0. The Balaban J connectivity index is 3.81. The van der Waals surface area contributed by atoms with E-state index in [1.54, 1.807) is 0 Å². The molecule has 0 heterocycles. The Hall–Kier alpha value is -1.06. The maximum Gasteiger partial charge on any atom is 0.306 e. The van der Waals surface area contributed by atoms with Crippen LogP contribution < -0.4 is 0 Å². The fraction of sp³-hybridized carbons (Fsp3) is 0.941. The van der Waals surface area contributed by atoms with Crippen LogP contribution in [-0.2, 0) is 14.3 Å². The van der Waals surface area contributed by atoms with E-state index in [0.717, 1.165) is 38.5 Å². The molecule has 0 aliphatic heterocycles. The number of unbranched alkanes of at least 4 members (excludes halogenated alkanes) is 22. The monoisotopic (exact) mass is 538 g/mol. The molecule has 0 rings (SSSR count). The van der Waals surface area contributed by atoms with Gasteiger partial charge in [0, 0.05) is 12.8 Å². The van der Waals surface area contributed by atoms with Gasteiger partial charge in [-0.25, -0.2) is 0 Å². The number of hydrogen-bond donors (Lipinski definition) is 1. The van der Waals surface area contributed by atoms with Gasteiger partial charge in [0.2, 0.25) is 0 Å². The molecule has 1 atom stereocenters. The molecular formula is C34H66O4. The minimum Gasteiger partial charge on any atom is -0.481 e. The van der Waals surface area contributed by atoms with Crippen molar-refractivity contribution < 1.29 is 19.4 Å². The number of carbonyl (C=O) groups excluding carboxylic acids is 1. The van der Waals surface area contributed by atoms with Crippen molar-refractivity contribution in [3.05, 3.63) is 0 Å². The van der Waals surface area contributed by atoms with E-state index in [1.807, 2.05) is 0 Å². The number of hydrogen-bond acceptors (Lipinski definition) is 3. The molecule has 0 spiro atoms. The molecule has 0 aromatic heterocycles. The molecule has 0 amide bonds. The summed E-state index contributed by atoms with van der Waals surface area (Å²) in [5, 5.41) is 8.88. The molecule has 0 saturated carbocycles. The van der Waals surface area contributed by atoms with Crippen LogP contribution in [-0.4, -0.2) is 23.1 Å². The van der Waals surface area contributed by atoms with E-state index >= 15 is 0 Å². The standard InChI is InChI=1S/C34H66O4/c1-3-5-7-9-11-13-14-15-16-17-18-19-21-23-25-31-34(37)38-32(29-26-27-30-33(35)36)28-24-22-20-12-10-8-6-4-2/h32H,3-31H2,1-2H3,(H,35,36). The van der Waals surface area contributed by atoms with Crippen molar-refractivity contribution in [1.82, 2.24) is 0 Å². The normalized spacial score (nSPS) is 12.1. The Morgan fingerprint density at radius 2 is 0.789 bits per heavy atom. The molecule has 0 aliphatic carbocycles. The van der Waals surface area contributed by atoms with Gasteiger partial charge in [0.15, 0.2) is 0 Å². The third kappa shape index (κ3) is 29.5. The zero-order chi connectivity index (χ0) is 27.9. The smallest absolute Gasteiger partial charge is 0.306 e. The fourth-order valence-electron chi connectivity index (χ4n) is 5.30. The highest BCUT2D eigenvalue weighted by Gasteiger charge is 2.14. The molecule has 0 fully saturated rings. The first-order chi connectivity index (χ1) is 18.6. The average molecular weight is 539 g/mol. The zero-order valence-corrected chi connectivity index (χ0v) is 25.8. The van der Waals surface area contributed by atoms with Crippen LogP contribution in [0.2, 0.25) is 0 Å². The summed E-state index contributed by atoms with van der Waals surface area (Å²) in [6, 6.07) is 0. The van der Waals surface area contributed by atoms with E-state index < -0.39 is 5.97 Å². The van der Waals surface area contributed by atoms with Crippen LogP contribution in [0.25, 0.3) is 0 Å². The lowest BCUT2D eigenvalue weighted by molar-refractivity contribution is -0.150. The number of esters is 1. The number of carboxylic acid groups (broad SMARTS) is 1.